The number of fused-ring (bicyclic) bond motifs is 1. The number of nitrogens with two attached hydrogens (primary N) is 1. The number of ether oxygens (including phenoxy) is 4. The molecule has 15 rings (SSSR count). The van der Waals surface area contributed by atoms with Gasteiger partial charge in [0.1, 0.15) is 50.2 Å². The van der Waals surface area contributed by atoms with E-state index in [1.807, 2.05) is 105 Å². The van der Waals surface area contributed by atoms with Crippen molar-refractivity contribution in [2.45, 2.75) is 119 Å². The van der Waals surface area contributed by atoms with E-state index in [2.05, 4.69) is 122 Å². The van der Waals surface area contributed by atoms with Gasteiger partial charge < -0.3 is 55.8 Å². The van der Waals surface area contributed by atoms with Crippen LogP contribution < -0.4 is 24.6 Å². The van der Waals surface area contributed by atoms with Crippen LogP contribution in [0.15, 0.2) is 257 Å². The summed E-state index contributed by atoms with van der Waals surface area (Å²) in [5.74, 6) is -0.739. The van der Waals surface area contributed by atoms with Gasteiger partial charge in [-0.15, -0.1) is 12.4 Å². The molecule has 6 N–H and O–H groups in total. The summed E-state index contributed by atoms with van der Waals surface area (Å²) in [6, 6.07) is 45.5. The Hall–Kier alpha value is -8.95. The van der Waals surface area contributed by atoms with Crippen LogP contribution in [0.5, 0.6) is 0 Å². The molecule has 1 aliphatic rings. The number of aliphatic hydroxyl groups excluding tert-OH is 3. The van der Waals surface area contributed by atoms with Crippen molar-refractivity contribution in [2.24, 2.45) is 0 Å². The first kappa shape index (κ1) is 136. The average Bonchev–Trinajstić information content (AvgIpc) is 1.61. The van der Waals surface area contributed by atoms with Gasteiger partial charge in [-0.2, -0.15) is 20.8 Å². The quantitative estimate of drug-likeness (QED) is 0.00379. The van der Waals surface area contributed by atoms with Crippen molar-refractivity contribution in [3.63, 3.8) is 0 Å². The number of aryl methyl sites for hydroxylation is 2. The van der Waals surface area contributed by atoms with E-state index in [4.69, 9.17) is 93.8 Å². The number of carbonyl (C=O) groups is 4. The number of nitrogens with zero attached hydrogens (tertiary/aromatic N) is 15. The normalized spacial score (nSPS) is 11.0. The minimum absolute atomic E-state index is 0. The van der Waals surface area contributed by atoms with Gasteiger partial charge in [-0.1, -0.05) is 137 Å². The van der Waals surface area contributed by atoms with Crippen molar-refractivity contribution in [2.75, 3.05) is 98.8 Å². The number of thioether (sulfide) groups is 5. The topological polar surface area (TPSA) is 383 Å². The summed E-state index contributed by atoms with van der Waals surface area (Å²) in [5.41, 5.74) is 16.2. The van der Waals surface area contributed by atoms with E-state index >= 15 is 0 Å². The van der Waals surface area contributed by atoms with Crippen molar-refractivity contribution in [3.05, 3.63) is 333 Å². The molecule has 5 aromatic carbocycles. The number of nitrogens with one attached hydrogen (secondary N) is 1. The number of benzene rings is 5. The van der Waals surface area contributed by atoms with Gasteiger partial charge >= 0.3 is 24.8 Å². The maximum Gasteiger partial charge on any atom is 1.00 e. The molecule has 1 fully saturated rings. The summed E-state index contributed by atoms with van der Waals surface area (Å²) in [6.07, 6.45) is 25.6. The molecule has 14 aromatic rings. The predicted molar refractivity (Wildman–Crippen MR) is 588 cm³/mol. The largest absolute Gasteiger partial charge is 1.00 e. The average molecular weight is 2360 g/mol. The van der Waals surface area contributed by atoms with E-state index in [-0.39, 0.29) is 110 Å². The Kier molecular flexibility index (Phi) is 71.6. The van der Waals surface area contributed by atoms with Crippen LogP contribution in [-0.2, 0) is 38.6 Å². The maximum absolute atomic E-state index is 13.4. The molecular formula is C100H114Br2Cl5F5LiN17O11S6. The van der Waals surface area contributed by atoms with E-state index in [0.29, 0.717) is 81.9 Å². The fourth-order valence-electron chi connectivity index (χ4n) is 10.6. The van der Waals surface area contributed by atoms with Crippen molar-refractivity contribution in [3.8, 4) is 22.6 Å². The molecule has 0 saturated carbocycles. The molecule has 2 unspecified atom stereocenters. The number of rotatable bonds is 23. The first-order valence-corrected chi connectivity index (χ1v) is 53.0. The van der Waals surface area contributed by atoms with Crippen molar-refractivity contribution in [1.29, 1.82) is 0 Å². The number of anilines is 1. The van der Waals surface area contributed by atoms with E-state index in [1.54, 1.807) is 119 Å². The smallest absolute Gasteiger partial charge is 0.465 e. The van der Waals surface area contributed by atoms with Crippen LogP contribution in [0, 0.1) is 53.6 Å². The molecule has 2 atom stereocenters. The number of hydrogen-bond donors (Lipinski definition) is 5. The van der Waals surface area contributed by atoms with E-state index < -0.39 is 18.9 Å². The number of H-pyrrole nitrogens is 1. The van der Waals surface area contributed by atoms with Crippen LogP contribution in [0.3, 0.4) is 0 Å². The molecule has 47 heteroatoms. The number of halogens is 12. The molecule has 9 aromatic heterocycles. The number of alkyl halides is 6. The third kappa shape index (κ3) is 57.2. The number of aliphatic hydroxyl groups is 3. The van der Waals surface area contributed by atoms with Gasteiger partial charge in [0.2, 0.25) is 0 Å². The standard InChI is InChI=1S/C19H15FN4OS.2C13H10BrFN2OS.C13H11FN2OS.C8H7FO2.C6H8N2O.C6H8N2S.C6H15NO2.C5H6N2S.C4H8O.C4H9.C2H6O.CCl4.ClH.Li/c1-26-19-21-8-6-15(22-19)18-17(13-2-4-14(20)5-3-13)23-16-10-12(11-25)7-9-24(16)18;2*1-19-13-16-7-6-10(17-13)11(14)12(18)8-2-4-9(15)5-3-8;1-18-13-15-7-6-11(16-13)8-12(17)9-2-4-10(14)5-3-9;1-11-8(10)6-2-4-7(9)5-3-6;7-6-3-5(4-9)1-2-8-6;1-5-3-4-7-6(8-5)9-2;1-7(2)5-6(8-3)9-4;1-4-2-3-6-5(8)7-4;1-2-4-5-3-1;1-4(2)3;1-2-3;2-1(3,4)5;;/h2-10,25H,11H2,1H3;2*2-7,11H,1H3;2-7H,8H2,1H3;2-5H,1H3;1-3,9H,4H2,(H2,7,8);3-4H,1-2H3;6H,5H2,1-4H3;2-3H,1H3,(H,6,7,8);1-4H2;1-3H3;3H,2H2,1H3;;1H;/q;;;;;;;;;;-1;;;;+1. The second-order valence-electron chi connectivity index (χ2n) is 29.4. The van der Waals surface area contributed by atoms with E-state index in [0.717, 1.165) is 64.4 Å². The van der Waals surface area contributed by atoms with Gasteiger partial charge in [0.15, 0.2) is 54.2 Å². The molecule has 1 aliphatic heterocycles. The third-order valence-corrected chi connectivity index (χ3v) is 22.1. The Morgan fingerprint density at radius 1 is 0.537 bits per heavy atom. The molecule has 0 radical (unpaired) electrons. The Labute approximate surface area is 935 Å². The molecule has 1 saturated heterocycles. The Morgan fingerprint density at radius 3 is 1.28 bits per heavy atom. The van der Waals surface area contributed by atoms with Crippen molar-refractivity contribution < 1.29 is 94.3 Å². The fraction of sp³-hybridized carbons (Fsp3) is 0.290. The number of Topliss-reactive ketones (excluding diaryl/α,β-unsaturated/α-hetero) is 3. The van der Waals surface area contributed by atoms with Crippen LogP contribution in [0.1, 0.15) is 131 Å². The first-order valence-electron chi connectivity index (χ1n) is 43.1. The second kappa shape index (κ2) is 77.4. The zero-order valence-corrected chi connectivity index (χ0v) is 95.4. The molecule has 0 bridgehead atoms. The number of aromatic nitrogens is 15. The zero-order chi connectivity index (χ0) is 108. The minimum atomic E-state index is -1.61. The molecule has 0 amide bonds. The number of likely N-dealkylation sites (N-methyl/N-ethyl adjacent to an activating group) is 1. The SMILES string of the molecule is C1CCOC1.CCO.COC(=O)c1ccc(F)cc1.COC(CN(C)C)OC.CSc1nccc(-c2c(-c3ccc(F)cc3)nc3cc(CO)ccn23)n1.CSc1nccc(C(Br)C(=O)c2ccc(F)cc2)n1.CSc1nccc(C(Br)C(=O)c2ccc(F)cc2)n1.CSc1nccc(C)n1.CSc1nccc(CC(=O)c2ccc(F)cc2)n1.C[C-](C)C.Cc1ccnc(=S)[nH]1.Cl.ClC(Cl)(Cl)Cl.Nc1cc(CO)ccn1.[Li+]. The van der Waals surface area contributed by atoms with Crippen LogP contribution in [-0.4, -0.2) is 220 Å². The number of methoxy groups -OCH3 is 3. The molecule has 10 heterocycles. The second-order valence-corrected chi connectivity index (χ2v) is 38.9. The molecule has 0 spiro atoms. The number of nitrogen functional groups attached to an aromatic ring is 1. The summed E-state index contributed by atoms with van der Waals surface area (Å²) >= 11 is 38.0. The minimum Gasteiger partial charge on any atom is -0.465 e. The van der Waals surface area contributed by atoms with Crippen molar-refractivity contribution >= 4 is 196 Å². The summed E-state index contributed by atoms with van der Waals surface area (Å²) in [7, 11) is 8.51. The van der Waals surface area contributed by atoms with Crippen LogP contribution >= 0.6 is 162 Å². The van der Waals surface area contributed by atoms with Crippen LogP contribution in [0.4, 0.5) is 27.8 Å². The van der Waals surface area contributed by atoms with Gasteiger partial charge in [-0.05, 0) is 284 Å². The van der Waals surface area contributed by atoms with Gasteiger partial charge in [0.25, 0.3) is 3.25 Å². The Morgan fingerprint density at radius 2 is 0.918 bits per heavy atom. The van der Waals surface area contributed by atoms with E-state index in [1.165, 1.54) is 182 Å². The summed E-state index contributed by atoms with van der Waals surface area (Å²) < 4.78 is 84.2. The maximum atomic E-state index is 13.4. The zero-order valence-electron chi connectivity index (χ0n) is 83.4. The van der Waals surface area contributed by atoms with E-state index in [9.17, 15) is 46.2 Å². The number of ketones is 3. The number of carbonyl (C=O) groups excluding carboxylic acids is 4. The number of hydrogen-bond acceptors (Lipinski definition) is 32. The molecule has 786 valence electrons. The van der Waals surface area contributed by atoms with Crippen LogP contribution in [0.25, 0.3) is 28.3 Å². The molecule has 28 nitrogen and oxygen atoms in total. The van der Waals surface area contributed by atoms with Crippen molar-refractivity contribution in [1.82, 2.24) is 79.1 Å². The van der Waals surface area contributed by atoms with Gasteiger partial charge in [-0.3, -0.25) is 18.8 Å². The summed E-state index contributed by atoms with van der Waals surface area (Å²) in [4.78, 5) is 105. The molecular weight excluding hydrogens is 2250 g/mol. The first-order chi connectivity index (χ1) is 69.1. The molecule has 147 heavy (non-hydrogen) atoms. The predicted octanol–water partition coefficient (Wildman–Crippen LogP) is 21.2. The number of pyridine rings is 2. The molecule has 0 aliphatic carbocycles. The third-order valence-electron chi connectivity index (χ3n) is 17.3. The Balaban J connectivity index is 0.000000827. The number of imidazole rings is 1. The van der Waals surface area contributed by atoms with Gasteiger partial charge in [-0.25, -0.2) is 91.5 Å². The van der Waals surface area contributed by atoms with Gasteiger partial charge in [0.05, 0.1) is 66.5 Å². The monoisotopic (exact) mass is 2360 g/mol. The fourth-order valence-corrected chi connectivity index (χ4v) is 13.7. The summed E-state index contributed by atoms with van der Waals surface area (Å²) in [6.45, 7) is 14.8. The number of aromatic amines is 1. The summed E-state index contributed by atoms with van der Waals surface area (Å²) in [5, 5.41) is 28.9. The Bertz CT molecular complexity index is 6030. The number of esters is 1. The van der Waals surface area contributed by atoms with Crippen LogP contribution in [0.2, 0.25) is 0 Å². The van der Waals surface area contributed by atoms with Gasteiger partial charge in [0, 0.05) is 124 Å².